The number of fused-ring (bicyclic) bond motifs is 1. The minimum Gasteiger partial charge on any atom is -0.426 e. The maximum atomic E-state index is 13.4. The van der Waals surface area contributed by atoms with E-state index in [1.807, 2.05) is 18.2 Å². The molecule has 3 rings (SSSR count). The smallest absolute Gasteiger partial charge is 0.323 e. The van der Waals surface area contributed by atoms with E-state index in [0.29, 0.717) is 17.1 Å². The van der Waals surface area contributed by atoms with Crippen LogP contribution in [0.25, 0.3) is 0 Å². The molecule has 1 aliphatic heterocycles. The van der Waals surface area contributed by atoms with Crippen LogP contribution in [0.15, 0.2) is 36.4 Å². The molecule has 4 heteroatoms. The van der Waals surface area contributed by atoms with Crippen LogP contribution in [0.2, 0.25) is 0 Å². The van der Waals surface area contributed by atoms with Gasteiger partial charge in [0, 0.05) is 18.1 Å². The molecule has 2 aromatic rings. The van der Waals surface area contributed by atoms with Crippen molar-refractivity contribution in [2.45, 2.75) is 119 Å². The number of rotatable bonds is 10. The van der Waals surface area contributed by atoms with E-state index in [0.717, 1.165) is 36.8 Å². The van der Waals surface area contributed by atoms with E-state index in [2.05, 4.69) is 87.4 Å². The summed E-state index contributed by atoms with van der Waals surface area (Å²) in [6.07, 6.45) is 4.17. The molecule has 38 heavy (non-hydrogen) atoms. The molecule has 1 unspecified atom stereocenters. The van der Waals surface area contributed by atoms with Crippen LogP contribution in [-0.2, 0) is 20.4 Å². The summed E-state index contributed by atoms with van der Waals surface area (Å²) in [6, 6.07) is 12.1. The van der Waals surface area contributed by atoms with E-state index in [1.165, 1.54) is 12.5 Å². The highest BCUT2D eigenvalue weighted by Crippen LogP contribution is 2.47. The molecule has 1 atom stereocenters. The number of hydrogen-bond acceptors (Lipinski definition) is 4. The van der Waals surface area contributed by atoms with Crippen LogP contribution < -0.4 is 9.47 Å². The third kappa shape index (κ3) is 6.50. The lowest BCUT2D eigenvalue weighted by Gasteiger charge is -2.35. The number of ether oxygens (including phenoxy) is 2. The molecule has 1 heterocycles. The molecule has 0 radical (unpaired) electrons. The van der Waals surface area contributed by atoms with E-state index in [1.54, 1.807) is 0 Å². The van der Waals surface area contributed by atoms with Crippen LogP contribution in [-0.4, -0.2) is 11.9 Å². The van der Waals surface area contributed by atoms with Gasteiger partial charge in [-0.2, -0.15) is 0 Å². The second-order valence-electron chi connectivity index (χ2n) is 14.1. The standard InChI is InChI=1S/C34H48O4/c1-12-31(4,5)20-33(8,9)23-14-16-27(37-22(3)35)25(18-23)29-26-19-24(15-17-28(26)38-30(29)36)34(10,11)21-32(6,7)13-2/h14-19,29H,12-13,20-21H2,1-11H3. The lowest BCUT2D eigenvalue weighted by Crippen LogP contribution is -2.27. The van der Waals surface area contributed by atoms with Crippen molar-refractivity contribution >= 4 is 11.9 Å². The Morgan fingerprint density at radius 1 is 0.789 bits per heavy atom. The number of carbonyl (C=O) groups is 2. The van der Waals surface area contributed by atoms with Crippen molar-refractivity contribution in [2.24, 2.45) is 10.8 Å². The fourth-order valence-corrected chi connectivity index (χ4v) is 6.17. The molecule has 0 N–H and O–H groups in total. The summed E-state index contributed by atoms with van der Waals surface area (Å²) in [5.74, 6) is -0.391. The predicted molar refractivity (Wildman–Crippen MR) is 155 cm³/mol. The van der Waals surface area contributed by atoms with Gasteiger partial charge < -0.3 is 9.47 Å². The average molecular weight is 521 g/mol. The van der Waals surface area contributed by atoms with Crippen LogP contribution >= 0.6 is 0 Å². The van der Waals surface area contributed by atoms with Crippen molar-refractivity contribution in [3.63, 3.8) is 0 Å². The van der Waals surface area contributed by atoms with Gasteiger partial charge in [-0.05, 0) is 57.8 Å². The molecule has 0 saturated heterocycles. The average Bonchev–Trinajstić information content (AvgIpc) is 3.12. The van der Waals surface area contributed by atoms with Crippen LogP contribution in [0.3, 0.4) is 0 Å². The molecule has 0 fully saturated rings. The summed E-state index contributed by atoms with van der Waals surface area (Å²) in [5, 5.41) is 0. The molecule has 0 amide bonds. The van der Waals surface area contributed by atoms with Gasteiger partial charge in [0.05, 0.1) is 0 Å². The first-order chi connectivity index (χ1) is 17.4. The molecule has 0 bridgehead atoms. The van der Waals surface area contributed by atoms with Crippen molar-refractivity contribution in [2.75, 3.05) is 0 Å². The van der Waals surface area contributed by atoms with Crippen LogP contribution in [0.1, 0.15) is 130 Å². The zero-order valence-electron chi connectivity index (χ0n) is 25.5. The lowest BCUT2D eigenvalue weighted by atomic mass is 9.69. The van der Waals surface area contributed by atoms with Gasteiger partial charge in [-0.1, -0.05) is 106 Å². The molecule has 208 valence electrons. The Morgan fingerprint density at radius 2 is 1.26 bits per heavy atom. The van der Waals surface area contributed by atoms with Gasteiger partial charge in [-0.3, -0.25) is 9.59 Å². The van der Waals surface area contributed by atoms with Crippen molar-refractivity contribution in [3.8, 4) is 11.5 Å². The Kier molecular flexibility index (Phi) is 8.28. The second kappa shape index (κ2) is 10.5. The molecule has 4 nitrogen and oxygen atoms in total. The van der Waals surface area contributed by atoms with Crippen LogP contribution in [0, 0.1) is 10.8 Å². The molecule has 1 aliphatic rings. The third-order valence-electron chi connectivity index (χ3n) is 8.66. The number of esters is 2. The van der Waals surface area contributed by atoms with Crippen LogP contribution in [0.5, 0.6) is 11.5 Å². The van der Waals surface area contributed by atoms with Crippen molar-refractivity contribution < 1.29 is 19.1 Å². The summed E-state index contributed by atoms with van der Waals surface area (Å²) in [7, 11) is 0. The second-order valence-corrected chi connectivity index (χ2v) is 14.1. The van der Waals surface area contributed by atoms with E-state index < -0.39 is 11.9 Å². The van der Waals surface area contributed by atoms with Crippen molar-refractivity contribution in [3.05, 3.63) is 58.7 Å². The predicted octanol–water partition coefficient (Wildman–Crippen LogP) is 8.87. The normalized spacial score (nSPS) is 16.3. The van der Waals surface area contributed by atoms with Gasteiger partial charge in [0.25, 0.3) is 0 Å². The van der Waals surface area contributed by atoms with Crippen molar-refractivity contribution in [1.82, 2.24) is 0 Å². The van der Waals surface area contributed by atoms with E-state index in [4.69, 9.17) is 9.47 Å². The summed E-state index contributed by atoms with van der Waals surface area (Å²) in [6.45, 7) is 24.0. The molecule has 0 aliphatic carbocycles. The quantitative estimate of drug-likeness (QED) is 0.232. The fourth-order valence-electron chi connectivity index (χ4n) is 6.17. The minimum absolute atomic E-state index is 0.0843. The highest BCUT2D eigenvalue weighted by atomic mass is 16.5. The third-order valence-corrected chi connectivity index (χ3v) is 8.66. The maximum absolute atomic E-state index is 13.4. The zero-order valence-corrected chi connectivity index (χ0v) is 25.5. The Bertz CT molecular complexity index is 1200. The first-order valence-corrected chi connectivity index (χ1v) is 14.1. The molecular weight excluding hydrogens is 472 g/mol. The molecule has 0 saturated carbocycles. The van der Waals surface area contributed by atoms with Crippen LogP contribution in [0.4, 0.5) is 0 Å². The van der Waals surface area contributed by atoms with Crippen molar-refractivity contribution in [1.29, 1.82) is 0 Å². The minimum atomic E-state index is -0.649. The molecule has 0 spiro atoms. The zero-order chi connectivity index (χ0) is 28.7. The molecule has 0 aromatic heterocycles. The summed E-state index contributed by atoms with van der Waals surface area (Å²) < 4.78 is 11.4. The summed E-state index contributed by atoms with van der Waals surface area (Å²) in [5.41, 5.74) is 3.97. The van der Waals surface area contributed by atoms with E-state index in [-0.39, 0.29) is 27.6 Å². The van der Waals surface area contributed by atoms with E-state index >= 15 is 0 Å². The Morgan fingerprint density at radius 3 is 1.74 bits per heavy atom. The maximum Gasteiger partial charge on any atom is 0.323 e. The molecule has 2 aromatic carbocycles. The first-order valence-electron chi connectivity index (χ1n) is 14.1. The Balaban J connectivity index is 2.14. The van der Waals surface area contributed by atoms with Gasteiger partial charge in [0.2, 0.25) is 0 Å². The number of carbonyl (C=O) groups excluding carboxylic acids is 2. The summed E-state index contributed by atoms with van der Waals surface area (Å²) >= 11 is 0. The fraction of sp³-hybridized carbons (Fsp3) is 0.588. The first kappa shape index (κ1) is 29.9. The SMILES string of the molecule is CCC(C)(C)CC(C)(C)c1ccc(OC(C)=O)c(C2C(=O)Oc3ccc(C(C)(C)CC(C)(C)CC)cc32)c1. The Labute approximate surface area is 230 Å². The van der Waals surface area contributed by atoms with Gasteiger partial charge in [-0.15, -0.1) is 0 Å². The number of hydrogen-bond donors (Lipinski definition) is 0. The highest BCUT2D eigenvalue weighted by Gasteiger charge is 2.40. The monoisotopic (exact) mass is 520 g/mol. The largest absolute Gasteiger partial charge is 0.426 e. The van der Waals surface area contributed by atoms with Gasteiger partial charge in [0.15, 0.2) is 0 Å². The van der Waals surface area contributed by atoms with Gasteiger partial charge in [0.1, 0.15) is 17.4 Å². The lowest BCUT2D eigenvalue weighted by molar-refractivity contribution is -0.134. The summed E-state index contributed by atoms with van der Waals surface area (Å²) in [4.78, 5) is 25.4. The van der Waals surface area contributed by atoms with Gasteiger partial charge in [-0.25, -0.2) is 0 Å². The van der Waals surface area contributed by atoms with Gasteiger partial charge >= 0.3 is 11.9 Å². The topological polar surface area (TPSA) is 52.6 Å². The highest BCUT2D eigenvalue weighted by molar-refractivity contribution is 5.90. The molecular formula is C34H48O4. The van der Waals surface area contributed by atoms with E-state index in [9.17, 15) is 9.59 Å². The Hall–Kier alpha value is -2.62. The number of benzene rings is 2.